The quantitative estimate of drug-likeness (QED) is 0.127. The third kappa shape index (κ3) is 8.40. The lowest BCUT2D eigenvalue weighted by Gasteiger charge is -2.37. The Hall–Kier alpha value is -3.52. The molecule has 0 amide bonds. The summed E-state index contributed by atoms with van der Waals surface area (Å²) in [6.07, 6.45) is 3.65. The maximum absolute atomic E-state index is 14.1. The average molecular weight is 620 g/mol. The Kier molecular flexibility index (Phi) is 12.0. The predicted molar refractivity (Wildman–Crippen MR) is 171 cm³/mol. The van der Waals surface area contributed by atoms with E-state index < -0.39 is 35.4 Å². The van der Waals surface area contributed by atoms with Gasteiger partial charge in [0.15, 0.2) is 5.78 Å². The molecule has 0 spiro atoms. The minimum absolute atomic E-state index is 0.145. The van der Waals surface area contributed by atoms with Gasteiger partial charge in [-0.2, -0.15) is 0 Å². The van der Waals surface area contributed by atoms with Crippen molar-refractivity contribution in [2.75, 3.05) is 13.7 Å². The van der Waals surface area contributed by atoms with Crippen molar-refractivity contribution in [3.63, 3.8) is 0 Å². The highest BCUT2D eigenvalue weighted by atomic mass is 16.5. The van der Waals surface area contributed by atoms with Crippen molar-refractivity contribution in [3.8, 4) is 0 Å². The van der Waals surface area contributed by atoms with Gasteiger partial charge in [0, 0.05) is 18.0 Å². The van der Waals surface area contributed by atoms with Crippen LogP contribution in [-0.2, 0) is 35.0 Å². The fourth-order valence-corrected chi connectivity index (χ4v) is 7.27. The molecule has 2 aromatic carbocycles. The zero-order valence-electron chi connectivity index (χ0n) is 27.3. The first kappa shape index (κ1) is 34.4. The molecule has 2 aromatic rings. The van der Waals surface area contributed by atoms with Crippen molar-refractivity contribution in [2.45, 2.75) is 90.3 Å². The minimum atomic E-state index is -1.18. The molecule has 1 heterocycles. The maximum Gasteiger partial charge on any atom is 0.326 e. The molecule has 1 saturated heterocycles. The van der Waals surface area contributed by atoms with E-state index in [1.54, 1.807) is 31.2 Å². The van der Waals surface area contributed by atoms with Crippen molar-refractivity contribution in [3.05, 3.63) is 71.8 Å². The smallest absolute Gasteiger partial charge is 0.326 e. The predicted octanol–water partition coefficient (Wildman–Crippen LogP) is 5.97. The van der Waals surface area contributed by atoms with Crippen LogP contribution in [0.5, 0.6) is 0 Å². The average Bonchev–Trinajstić information content (AvgIpc) is 3.41. The van der Waals surface area contributed by atoms with Crippen LogP contribution in [0.4, 0.5) is 0 Å². The minimum Gasteiger partial charge on any atom is -0.468 e. The number of hydrogen-bond donors (Lipinski definition) is 1. The number of nitrogens with one attached hydrogen (secondary N) is 1. The molecule has 2 aliphatic rings. The van der Waals surface area contributed by atoms with Crippen LogP contribution in [-0.4, -0.2) is 55.1 Å². The third-order valence-electron chi connectivity index (χ3n) is 9.68. The van der Waals surface area contributed by atoms with Crippen molar-refractivity contribution in [1.82, 2.24) is 5.32 Å². The number of esters is 3. The van der Waals surface area contributed by atoms with Crippen LogP contribution in [0.15, 0.2) is 60.7 Å². The number of methoxy groups -OCH3 is 1. The van der Waals surface area contributed by atoms with Crippen LogP contribution in [0.25, 0.3) is 0 Å². The highest BCUT2D eigenvalue weighted by Crippen LogP contribution is 2.40. The highest BCUT2D eigenvalue weighted by molar-refractivity contribution is 6.08. The van der Waals surface area contributed by atoms with Gasteiger partial charge in [0.2, 0.25) is 0 Å². The van der Waals surface area contributed by atoms with Gasteiger partial charge in [0.25, 0.3) is 0 Å². The van der Waals surface area contributed by atoms with Gasteiger partial charge in [0.05, 0.1) is 19.6 Å². The Bertz CT molecular complexity index is 1300. The van der Waals surface area contributed by atoms with Gasteiger partial charge in [-0.05, 0) is 62.3 Å². The van der Waals surface area contributed by atoms with Crippen LogP contribution in [0.2, 0.25) is 0 Å². The van der Waals surface area contributed by atoms with Crippen molar-refractivity contribution in [2.24, 2.45) is 29.6 Å². The summed E-state index contributed by atoms with van der Waals surface area (Å²) in [5.74, 6) is -2.35. The molecule has 7 atom stereocenters. The molecule has 1 N–H and O–H groups in total. The molecule has 1 unspecified atom stereocenters. The standard InChI is InChI=1S/C37H49NO7/c1-6-44-34(40)29(33(39)27-15-11-8-12-16-27)19-20-31-30(35(41)45-32-21-25(4)17-18-28(32)24(2)3)23-37(38-31,36(42)43-5)22-26-13-9-7-10-14-26/h7-16,24-25,28-32,38H,6,17-23H2,1-5H3/t25-,28+,29?,30+,31+,32-,37+/m1/s1. The molecule has 0 radical (unpaired) electrons. The lowest BCUT2D eigenvalue weighted by atomic mass is 9.75. The summed E-state index contributed by atoms with van der Waals surface area (Å²) in [7, 11) is 1.35. The first-order valence-corrected chi connectivity index (χ1v) is 16.4. The number of benzene rings is 2. The number of rotatable bonds is 13. The van der Waals surface area contributed by atoms with E-state index in [4.69, 9.17) is 14.2 Å². The molecule has 8 heteroatoms. The molecule has 2 fully saturated rings. The summed E-state index contributed by atoms with van der Waals surface area (Å²) in [4.78, 5) is 54.2. The van der Waals surface area contributed by atoms with Crippen molar-refractivity contribution < 1.29 is 33.4 Å². The molecule has 45 heavy (non-hydrogen) atoms. The monoisotopic (exact) mass is 619 g/mol. The van der Waals surface area contributed by atoms with Gasteiger partial charge < -0.3 is 14.2 Å². The van der Waals surface area contributed by atoms with E-state index in [0.29, 0.717) is 23.8 Å². The lowest BCUT2D eigenvalue weighted by Crippen LogP contribution is -2.52. The van der Waals surface area contributed by atoms with Gasteiger partial charge in [-0.3, -0.25) is 24.5 Å². The summed E-state index contributed by atoms with van der Waals surface area (Å²) < 4.78 is 16.9. The second-order valence-electron chi connectivity index (χ2n) is 13.2. The first-order valence-electron chi connectivity index (χ1n) is 16.4. The highest BCUT2D eigenvalue weighted by Gasteiger charge is 2.54. The summed E-state index contributed by atoms with van der Waals surface area (Å²) in [6, 6.07) is 17.8. The Morgan fingerprint density at radius 3 is 2.27 bits per heavy atom. The molecule has 1 aliphatic heterocycles. The Labute approximate surface area is 267 Å². The maximum atomic E-state index is 14.1. The van der Waals surface area contributed by atoms with Crippen LogP contribution < -0.4 is 5.32 Å². The molecule has 1 aliphatic carbocycles. The first-order chi connectivity index (χ1) is 21.6. The molecule has 0 bridgehead atoms. The number of ketones is 1. The van der Waals surface area contributed by atoms with Gasteiger partial charge in [-0.15, -0.1) is 0 Å². The van der Waals surface area contributed by atoms with Gasteiger partial charge >= 0.3 is 17.9 Å². The van der Waals surface area contributed by atoms with E-state index >= 15 is 0 Å². The van der Waals surface area contributed by atoms with Gasteiger partial charge in [-0.1, -0.05) is 87.9 Å². The van der Waals surface area contributed by atoms with Crippen molar-refractivity contribution in [1.29, 1.82) is 0 Å². The van der Waals surface area contributed by atoms with Gasteiger partial charge in [-0.25, -0.2) is 0 Å². The second kappa shape index (κ2) is 15.7. The zero-order valence-corrected chi connectivity index (χ0v) is 27.3. The third-order valence-corrected chi connectivity index (χ3v) is 9.68. The van der Waals surface area contributed by atoms with E-state index in [0.717, 1.165) is 24.8 Å². The molecule has 0 aromatic heterocycles. The second-order valence-corrected chi connectivity index (χ2v) is 13.2. The number of carbonyl (C=O) groups is 4. The van der Waals surface area contributed by atoms with Crippen LogP contribution in [0.3, 0.4) is 0 Å². The molecule has 4 rings (SSSR count). The Morgan fingerprint density at radius 2 is 1.64 bits per heavy atom. The van der Waals surface area contributed by atoms with E-state index in [-0.39, 0.29) is 49.6 Å². The largest absolute Gasteiger partial charge is 0.468 e. The zero-order chi connectivity index (χ0) is 32.6. The molecule has 244 valence electrons. The number of ether oxygens (including phenoxy) is 3. The van der Waals surface area contributed by atoms with E-state index in [9.17, 15) is 19.2 Å². The van der Waals surface area contributed by atoms with E-state index in [1.807, 2.05) is 36.4 Å². The summed E-state index contributed by atoms with van der Waals surface area (Å²) in [5, 5.41) is 3.48. The molecular weight excluding hydrogens is 570 g/mol. The van der Waals surface area contributed by atoms with E-state index in [2.05, 4.69) is 26.1 Å². The number of Topliss-reactive ketones (excluding diaryl/α,β-unsaturated/α-hetero) is 1. The van der Waals surface area contributed by atoms with Crippen LogP contribution in [0.1, 0.15) is 82.1 Å². The molecular formula is C37H49NO7. The van der Waals surface area contributed by atoms with Crippen molar-refractivity contribution >= 4 is 23.7 Å². The molecule has 8 nitrogen and oxygen atoms in total. The topological polar surface area (TPSA) is 108 Å². The Morgan fingerprint density at radius 1 is 0.978 bits per heavy atom. The summed E-state index contributed by atoms with van der Waals surface area (Å²) in [6.45, 7) is 8.38. The number of hydrogen-bond acceptors (Lipinski definition) is 8. The van der Waals surface area contributed by atoms with E-state index in [1.165, 1.54) is 7.11 Å². The van der Waals surface area contributed by atoms with Crippen LogP contribution in [0, 0.1) is 29.6 Å². The summed E-state index contributed by atoms with van der Waals surface area (Å²) >= 11 is 0. The SMILES string of the molecule is CCOC(=O)C(CC[C@@H]1N[C@](Cc2ccccc2)(C(=O)OC)C[C@@H]1C(=O)O[C@@H]1C[C@H](C)CC[C@H]1C(C)C)C(=O)c1ccccc1. The lowest BCUT2D eigenvalue weighted by molar-refractivity contribution is -0.161. The fourth-order valence-electron chi connectivity index (χ4n) is 7.27. The summed E-state index contributed by atoms with van der Waals surface area (Å²) in [5.41, 5.74) is 0.169. The number of carbonyl (C=O) groups excluding carboxylic acids is 4. The molecule has 1 saturated carbocycles. The van der Waals surface area contributed by atoms with Gasteiger partial charge in [0.1, 0.15) is 17.6 Å². The van der Waals surface area contributed by atoms with Crippen LogP contribution >= 0.6 is 0 Å². The normalized spacial score (nSPS) is 27.0. The Balaban J connectivity index is 1.64. The fraction of sp³-hybridized carbons (Fsp3) is 0.568.